The average Bonchev–Trinajstić information content (AvgIpc) is 2.86. The highest BCUT2D eigenvalue weighted by molar-refractivity contribution is 5.91. The zero-order valence-corrected chi connectivity index (χ0v) is 12.8. The SMILES string of the molecule is COc1ccccc1CCC(=O)Nc1ccc2c(c1)OC(F)(F)O2. The topological polar surface area (TPSA) is 56.8 Å². The lowest BCUT2D eigenvalue weighted by atomic mass is 10.1. The van der Waals surface area contributed by atoms with Crippen LogP contribution in [0.25, 0.3) is 0 Å². The first kappa shape index (κ1) is 16.0. The number of nitrogens with one attached hydrogen (secondary N) is 1. The van der Waals surface area contributed by atoms with Crippen molar-refractivity contribution in [3.8, 4) is 17.2 Å². The van der Waals surface area contributed by atoms with Crippen molar-refractivity contribution < 1.29 is 27.8 Å². The minimum absolute atomic E-state index is 0.0629. The summed E-state index contributed by atoms with van der Waals surface area (Å²) in [6, 6.07) is 11.5. The summed E-state index contributed by atoms with van der Waals surface area (Å²) in [5.74, 6) is 0.302. The van der Waals surface area contributed by atoms with Crippen LogP contribution in [0.5, 0.6) is 17.2 Å². The van der Waals surface area contributed by atoms with E-state index in [1.54, 1.807) is 7.11 Å². The highest BCUT2D eigenvalue weighted by atomic mass is 19.3. The molecule has 0 spiro atoms. The number of alkyl halides is 2. The first-order chi connectivity index (χ1) is 11.5. The molecule has 2 aromatic carbocycles. The Kier molecular flexibility index (Phi) is 4.24. The molecule has 0 radical (unpaired) electrons. The van der Waals surface area contributed by atoms with Gasteiger partial charge in [-0.3, -0.25) is 4.79 Å². The average molecular weight is 335 g/mol. The summed E-state index contributed by atoms with van der Waals surface area (Å²) >= 11 is 0. The van der Waals surface area contributed by atoms with Crippen LogP contribution < -0.4 is 19.5 Å². The van der Waals surface area contributed by atoms with Crippen molar-refractivity contribution in [2.45, 2.75) is 19.1 Å². The van der Waals surface area contributed by atoms with Crippen LogP contribution in [0.3, 0.4) is 0 Å². The standard InChI is InChI=1S/C17H15F2NO4/c1-22-13-5-3-2-4-11(13)6-9-16(21)20-12-7-8-14-15(10-12)24-17(18,19)23-14/h2-5,7-8,10H,6,9H2,1H3,(H,20,21). The summed E-state index contributed by atoms with van der Waals surface area (Å²) in [6.07, 6.45) is -2.95. The Balaban J connectivity index is 1.60. The van der Waals surface area contributed by atoms with E-state index in [2.05, 4.69) is 14.8 Å². The van der Waals surface area contributed by atoms with E-state index in [-0.39, 0.29) is 23.8 Å². The number of carbonyl (C=O) groups excluding carboxylic acids is 1. The molecule has 0 fully saturated rings. The number of hydrogen-bond donors (Lipinski definition) is 1. The quantitative estimate of drug-likeness (QED) is 0.907. The Morgan fingerprint density at radius 3 is 2.71 bits per heavy atom. The number of fused-ring (bicyclic) bond motifs is 1. The fraction of sp³-hybridized carbons (Fsp3) is 0.235. The fourth-order valence-corrected chi connectivity index (χ4v) is 2.41. The van der Waals surface area contributed by atoms with Crippen molar-refractivity contribution >= 4 is 11.6 Å². The van der Waals surface area contributed by atoms with Gasteiger partial charge in [0.2, 0.25) is 5.91 Å². The molecular formula is C17H15F2NO4. The third-order valence-corrected chi connectivity index (χ3v) is 3.50. The van der Waals surface area contributed by atoms with Crippen LogP contribution in [0.1, 0.15) is 12.0 Å². The molecular weight excluding hydrogens is 320 g/mol. The van der Waals surface area contributed by atoms with Crippen LogP contribution in [-0.4, -0.2) is 19.3 Å². The van der Waals surface area contributed by atoms with Gasteiger partial charge in [-0.25, -0.2) is 0 Å². The van der Waals surface area contributed by atoms with Crippen molar-refractivity contribution in [3.05, 3.63) is 48.0 Å². The summed E-state index contributed by atoms with van der Waals surface area (Å²) in [7, 11) is 1.57. The number of rotatable bonds is 5. The molecule has 5 nitrogen and oxygen atoms in total. The number of anilines is 1. The van der Waals surface area contributed by atoms with E-state index in [0.29, 0.717) is 12.1 Å². The molecule has 1 aliphatic heterocycles. The highest BCUT2D eigenvalue weighted by Gasteiger charge is 2.43. The van der Waals surface area contributed by atoms with Crippen molar-refractivity contribution in [1.29, 1.82) is 0 Å². The molecule has 2 aromatic rings. The fourth-order valence-electron chi connectivity index (χ4n) is 2.41. The van der Waals surface area contributed by atoms with Crippen molar-refractivity contribution in [2.24, 2.45) is 0 Å². The lowest BCUT2D eigenvalue weighted by molar-refractivity contribution is -0.286. The number of para-hydroxylation sites is 1. The van der Waals surface area contributed by atoms with E-state index in [0.717, 1.165) is 11.3 Å². The minimum atomic E-state index is -3.67. The maximum Gasteiger partial charge on any atom is 0.586 e. The monoisotopic (exact) mass is 335 g/mol. The van der Waals surface area contributed by atoms with E-state index in [9.17, 15) is 13.6 Å². The van der Waals surface area contributed by atoms with E-state index < -0.39 is 6.29 Å². The van der Waals surface area contributed by atoms with E-state index in [4.69, 9.17) is 4.74 Å². The number of carbonyl (C=O) groups is 1. The second-order valence-corrected chi connectivity index (χ2v) is 5.19. The van der Waals surface area contributed by atoms with Crippen molar-refractivity contribution in [1.82, 2.24) is 0 Å². The molecule has 1 N–H and O–H groups in total. The Morgan fingerprint density at radius 2 is 1.92 bits per heavy atom. The van der Waals surface area contributed by atoms with Gasteiger partial charge in [-0.1, -0.05) is 18.2 Å². The van der Waals surface area contributed by atoms with Crippen molar-refractivity contribution in [2.75, 3.05) is 12.4 Å². The third kappa shape index (κ3) is 3.56. The van der Waals surface area contributed by atoms with Gasteiger partial charge < -0.3 is 19.5 Å². The molecule has 0 bridgehead atoms. The summed E-state index contributed by atoms with van der Waals surface area (Å²) in [6.45, 7) is 0. The minimum Gasteiger partial charge on any atom is -0.496 e. The Labute approximate surface area is 137 Å². The number of ether oxygens (including phenoxy) is 3. The molecule has 7 heteroatoms. The zero-order chi connectivity index (χ0) is 17.2. The zero-order valence-electron chi connectivity index (χ0n) is 12.8. The molecule has 126 valence electrons. The molecule has 0 aromatic heterocycles. The first-order valence-corrected chi connectivity index (χ1v) is 7.28. The normalized spacial score (nSPS) is 14.3. The van der Waals surface area contributed by atoms with E-state index >= 15 is 0 Å². The molecule has 0 atom stereocenters. The Hall–Kier alpha value is -2.83. The van der Waals surface area contributed by atoms with Gasteiger partial charge in [-0.05, 0) is 30.2 Å². The molecule has 0 unspecified atom stereocenters. The molecule has 1 amide bonds. The van der Waals surface area contributed by atoms with E-state index in [1.165, 1.54) is 18.2 Å². The Bertz CT molecular complexity index is 764. The number of benzene rings is 2. The van der Waals surface area contributed by atoms with Crippen LogP contribution in [0.2, 0.25) is 0 Å². The lowest BCUT2D eigenvalue weighted by Crippen LogP contribution is -2.25. The Morgan fingerprint density at radius 1 is 1.17 bits per heavy atom. The highest BCUT2D eigenvalue weighted by Crippen LogP contribution is 2.42. The maximum absolute atomic E-state index is 13.0. The molecule has 0 saturated carbocycles. The molecule has 3 rings (SSSR count). The second kappa shape index (κ2) is 6.35. The van der Waals surface area contributed by atoms with Crippen LogP contribution >= 0.6 is 0 Å². The number of methoxy groups -OCH3 is 1. The number of amides is 1. The maximum atomic E-state index is 13.0. The van der Waals surface area contributed by atoms with Gasteiger partial charge in [0.15, 0.2) is 11.5 Å². The molecule has 0 aliphatic carbocycles. The van der Waals surface area contributed by atoms with Crippen LogP contribution in [0.15, 0.2) is 42.5 Å². The van der Waals surface area contributed by atoms with E-state index in [1.807, 2.05) is 24.3 Å². The predicted molar refractivity (Wildman–Crippen MR) is 82.6 cm³/mol. The molecule has 24 heavy (non-hydrogen) atoms. The van der Waals surface area contributed by atoms with Gasteiger partial charge in [0.25, 0.3) is 0 Å². The number of hydrogen-bond acceptors (Lipinski definition) is 4. The van der Waals surface area contributed by atoms with Gasteiger partial charge in [0.1, 0.15) is 5.75 Å². The smallest absolute Gasteiger partial charge is 0.496 e. The first-order valence-electron chi connectivity index (χ1n) is 7.28. The van der Waals surface area contributed by atoms with Crippen LogP contribution in [0.4, 0.5) is 14.5 Å². The summed E-state index contributed by atoms with van der Waals surface area (Å²) in [4.78, 5) is 12.0. The number of halogens is 2. The summed E-state index contributed by atoms with van der Waals surface area (Å²) in [5, 5.41) is 2.65. The van der Waals surface area contributed by atoms with Gasteiger partial charge >= 0.3 is 6.29 Å². The van der Waals surface area contributed by atoms with Crippen LogP contribution in [0, 0.1) is 0 Å². The summed E-state index contributed by atoms with van der Waals surface area (Å²) in [5.41, 5.74) is 1.28. The predicted octanol–water partition coefficient (Wildman–Crippen LogP) is 3.59. The van der Waals surface area contributed by atoms with Gasteiger partial charge in [0, 0.05) is 18.2 Å². The molecule has 0 saturated heterocycles. The van der Waals surface area contributed by atoms with Crippen LogP contribution in [-0.2, 0) is 11.2 Å². The molecule has 1 aliphatic rings. The number of aryl methyl sites for hydroxylation is 1. The van der Waals surface area contributed by atoms with Gasteiger partial charge in [-0.15, -0.1) is 8.78 Å². The van der Waals surface area contributed by atoms with Gasteiger partial charge in [-0.2, -0.15) is 0 Å². The second-order valence-electron chi connectivity index (χ2n) is 5.19. The van der Waals surface area contributed by atoms with Crippen molar-refractivity contribution in [3.63, 3.8) is 0 Å². The third-order valence-electron chi connectivity index (χ3n) is 3.50. The molecule has 1 heterocycles. The summed E-state index contributed by atoms with van der Waals surface area (Å²) < 4.78 is 39.8. The largest absolute Gasteiger partial charge is 0.586 e. The lowest BCUT2D eigenvalue weighted by Gasteiger charge is -2.09. The van der Waals surface area contributed by atoms with Gasteiger partial charge in [0.05, 0.1) is 7.11 Å².